The molecule has 0 amide bonds. The largest absolute Gasteiger partial charge is 0.258 e. The van der Waals surface area contributed by atoms with Crippen molar-refractivity contribution in [2.45, 2.75) is 0 Å². The van der Waals surface area contributed by atoms with Crippen LogP contribution >= 0.6 is 11.9 Å². The first-order valence-electron chi connectivity index (χ1n) is 0.901. The molecule has 0 aromatic rings. The minimum absolute atomic E-state index is 1.38. The fourth-order valence-corrected chi connectivity index (χ4v) is 0. The summed E-state index contributed by atoms with van der Waals surface area (Å²) in [6.07, 6.45) is 1.86. The average molecular weight is 75.1 g/mol. The van der Waals surface area contributed by atoms with E-state index in [1.54, 1.807) is 0 Å². The van der Waals surface area contributed by atoms with Gasteiger partial charge in [-0.3, -0.25) is 4.72 Å². The van der Waals surface area contributed by atoms with Crippen LogP contribution in [-0.4, -0.2) is 6.26 Å². The average Bonchev–Trinajstić information content (AvgIpc) is 1.37. The van der Waals surface area contributed by atoms with Crippen molar-refractivity contribution < 1.29 is 0 Å². The predicted molar refractivity (Wildman–Crippen MR) is 21.0 cm³/mol. The summed E-state index contributed by atoms with van der Waals surface area (Å²) in [5.74, 6) is 0. The highest BCUT2D eigenvalue weighted by molar-refractivity contribution is 7.96. The van der Waals surface area contributed by atoms with E-state index < -0.39 is 0 Å². The van der Waals surface area contributed by atoms with Crippen LogP contribution in [0.15, 0.2) is 0 Å². The van der Waals surface area contributed by atoms with Crippen molar-refractivity contribution in [3.8, 4) is 0 Å². The highest BCUT2D eigenvalue weighted by atomic mass is 32.2. The summed E-state index contributed by atoms with van der Waals surface area (Å²) in [6, 6.07) is 0. The molecule has 2 radical (unpaired) electrons. The summed E-state index contributed by atoms with van der Waals surface area (Å²) in [5.41, 5.74) is 0. The van der Waals surface area contributed by atoms with Crippen molar-refractivity contribution in [1.29, 1.82) is 0 Å². The molecule has 0 atom stereocenters. The molecule has 0 unspecified atom stereocenters. The first-order valence-corrected chi connectivity index (χ1v) is 2.13. The summed E-state index contributed by atoms with van der Waals surface area (Å²) in [6.45, 7) is 0. The highest BCUT2D eigenvalue weighted by Gasteiger charge is 1.51. The lowest BCUT2D eigenvalue weighted by molar-refractivity contribution is 1.43. The Hall–Kier alpha value is 0.310. The zero-order chi connectivity index (χ0) is 3.41. The molecule has 0 rings (SSSR count). The van der Waals surface area contributed by atoms with Gasteiger partial charge in [0.1, 0.15) is 0 Å². The van der Waals surface area contributed by atoms with Gasteiger partial charge in [-0.05, 0) is 6.26 Å². The second-order valence-corrected chi connectivity index (χ2v) is 0.966. The first-order chi connectivity index (χ1) is 1.91. The Labute approximate surface area is 30.9 Å². The maximum absolute atomic E-state index is 4.74. The van der Waals surface area contributed by atoms with Gasteiger partial charge in [-0.25, -0.2) is 0 Å². The number of nitrogens with one attached hydrogen (secondary N) is 1. The summed E-state index contributed by atoms with van der Waals surface area (Å²) in [5, 5.41) is 0. The summed E-state index contributed by atoms with van der Waals surface area (Å²) in [7, 11) is 4.74. The third kappa shape index (κ3) is 2.31. The van der Waals surface area contributed by atoms with Gasteiger partial charge in [0.25, 0.3) is 0 Å². The Kier molecular flexibility index (Phi) is 3.57. The fourth-order valence-electron chi connectivity index (χ4n) is 0. The lowest BCUT2D eigenvalue weighted by atomic mass is 11.6. The Bertz CT molecular complexity index is 8.00. The van der Waals surface area contributed by atoms with Gasteiger partial charge in [0.15, 0.2) is 0 Å². The molecule has 0 aromatic carbocycles. The number of rotatable bonds is 1. The van der Waals surface area contributed by atoms with E-state index in [4.69, 9.17) is 7.05 Å². The van der Waals surface area contributed by atoms with Gasteiger partial charge in [-0.2, -0.15) is 0 Å². The summed E-state index contributed by atoms with van der Waals surface area (Å²) < 4.78 is 2.35. The van der Waals surface area contributed by atoms with Crippen molar-refractivity contribution in [2.24, 2.45) is 0 Å². The van der Waals surface area contributed by atoms with Gasteiger partial charge in [0.2, 0.25) is 0 Å². The van der Waals surface area contributed by atoms with E-state index in [0.29, 0.717) is 0 Å². The third-order valence-electron chi connectivity index (χ3n) is 0.118. The van der Waals surface area contributed by atoms with Crippen molar-refractivity contribution in [1.82, 2.24) is 4.72 Å². The molecular formula is C2H5NS. The zero-order valence-electron chi connectivity index (χ0n) is 2.49. The minimum atomic E-state index is 1.38. The molecule has 24 valence electrons. The quantitative estimate of drug-likeness (QED) is 0.360. The Morgan fingerprint density at radius 1 is 2.00 bits per heavy atom. The van der Waals surface area contributed by atoms with Crippen LogP contribution in [-0.2, 0) is 0 Å². The lowest BCUT2D eigenvalue weighted by Crippen LogP contribution is -1.79. The SMILES string of the molecule is [CH]NSC. The molecule has 0 fully saturated rings. The van der Waals surface area contributed by atoms with Crippen molar-refractivity contribution in [3.63, 3.8) is 0 Å². The molecule has 0 saturated heterocycles. The predicted octanol–water partition coefficient (Wildman–Crippen LogP) is 0.523. The van der Waals surface area contributed by atoms with Crippen molar-refractivity contribution in [3.05, 3.63) is 7.05 Å². The monoisotopic (exact) mass is 75.0 g/mol. The van der Waals surface area contributed by atoms with Crippen LogP contribution in [0, 0.1) is 7.05 Å². The Balaban J connectivity index is 1.97. The maximum Gasteiger partial charge on any atom is 0.0528 e. The van der Waals surface area contributed by atoms with Gasteiger partial charge in [0.05, 0.1) is 7.05 Å². The second-order valence-electron chi connectivity index (χ2n) is 0.322. The van der Waals surface area contributed by atoms with Crippen molar-refractivity contribution >= 4 is 11.9 Å². The molecule has 1 nitrogen and oxygen atoms in total. The van der Waals surface area contributed by atoms with Crippen LogP contribution < -0.4 is 4.72 Å². The molecule has 2 heteroatoms. The van der Waals surface area contributed by atoms with E-state index in [2.05, 4.69) is 4.72 Å². The molecule has 1 N–H and O–H groups in total. The van der Waals surface area contributed by atoms with Crippen molar-refractivity contribution in [2.75, 3.05) is 6.26 Å². The molecule has 0 aliphatic heterocycles. The second kappa shape index (κ2) is 3.31. The molecule has 0 aliphatic carbocycles. The molecule has 0 spiro atoms. The van der Waals surface area contributed by atoms with E-state index in [-0.39, 0.29) is 0 Å². The topological polar surface area (TPSA) is 12.0 Å². The number of hydrogen-bond acceptors (Lipinski definition) is 2. The minimum Gasteiger partial charge on any atom is -0.258 e. The van der Waals surface area contributed by atoms with E-state index in [9.17, 15) is 0 Å². The maximum atomic E-state index is 4.74. The molecule has 4 heavy (non-hydrogen) atoms. The molecular weight excluding hydrogens is 70.1 g/mol. The van der Waals surface area contributed by atoms with E-state index in [1.807, 2.05) is 6.26 Å². The smallest absolute Gasteiger partial charge is 0.0528 e. The van der Waals surface area contributed by atoms with Gasteiger partial charge >= 0.3 is 0 Å². The first kappa shape index (κ1) is 4.31. The van der Waals surface area contributed by atoms with Gasteiger partial charge in [-0.1, -0.05) is 11.9 Å². The Morgan fingerprint density at radius 3 is 2.25 bits per heavy atom. The third-order valence-corrected chi connectivity index (χ3v) is 0.354. The molecule has 0 saturated carbocycles. The van der Waals surface area contributed by atoms with Crippen LogP contribution in [0.25, 0.3) is 0 Å². The van der Waals surface area contributed by atoms with Crippen LogP contribution in [0.1, 0.15) is 0 Å². The van der Waals surface area contributed by atoms with E-state index in [1.165, 1.54) is 11.9 Å². The normalized spacial score (nSPS) is 7.50. The Morgan fingerprint density at radius 2 is 2.25 bits per heavy atom. The zero-order valence-corrected chi connectivity index (χ0v) is 3.30. The van der Waals surface area contributed by atoms with E-state index >= 15 is 0 Å². The van der Waals surface area contributed by atoms with Crippen LogP contribution in [0.2, 0.25) is 0 Å². The lowest BCUT2D eigenvalue weighted by Gasteiger charge is -1.74. The van der Waals surface area contributed by atoms with Crippen LogP contribution in [0.5, 0.6) is 0 Å². The standard InChI is InChI=1S/C2H5NS/c1-3-4-2/h1,3H,2H3. The summed E-state index contributed by atoms with van der Waals surface area (Å²) >= 11 is 1.38. The van der Waals surface area contributed by atoms with Crippen LogP contribution in [0.3, 0.4) is 0 Å². The van der Waals surface area contributed by atoms with Gasteiger partial charge in [0, 0.05) is 0 Å². The number of hydrogen-bond donors (Lipinski definition) is 1. The highest BCUT2D eigenvalue weighted by Crippen LogP contribution is 1.72. The van der Waals surface area contributed by atoms with Gasteiger partial charge in [-0.15, -0.1) is 0 Å². The molecule has 0 aliphatic rings. The van der Waals surface area contributed by atoms with E-state index in [0.717, 1.165) is 0 Å². The van der Waals surface area contributed by atoms with Crippen LogP contribution in [0.4, 0.5) is 0 Å². The molecule has 0 heterocycles. The molecule has 0 bridgehead atoms. The van der Waals surface area contributed by atoms with Gasteiger partial charge < -0.3 is 0 Å². The summed E-state index contributed by atoms with van der Waals surface area (Å²) in [4.78, 5) is 0. The fraction of sp³-hybridized carbons (Fsp3) is 0.500. The molecule has 0 aromatic heterocycles.